The molecular formula is C25H22F3N3O4. The van der Waals surface area contributed by atoms with Crippen molar-refractivity contribution in [3.05, 3.63) is 69.8 Å². The van der Waals surface area contributed by atoms with Gasteiger partial charge in [-0.1, -0.05) is 6.07 Å². The maximum absolute atomic E-state index is 13.4. The van der Waals surface area contributed by atoms with E-state index in [1.807, 2.05) is 0 Å². The SMILES string of the molecule is C[C@@H]1c2cc(C(=O)N3Cc4cc(C(F)(F)F)ccc4[C@@H]3C)ccc2C(=O)N1[C@@H]1CCC(=O)NC1=O. The number of imide groups is 1. The van der Waals surface area contributed by atoms with Gasteiger partial charge in [-0.25, -0.2) is 0 Å². The Morgan fingerprint density at radius 2 is 1.74 bits per heavy atom. The van der Waals surface area contributed by atoms with Gasteiger partial charge in [0.1, 0.15) is 6.04 Å². The monoisotopic (exact) mass is 485 g/mol. The summed E-state index contributed by atoms with van der Waals surface area (Å²) in [6, 6.07) is 6.53. The van der Waals surface area contributed by atoms with Crippen LogP contribution in [0.4, 0.5) is 13.2 Å². The zero-order chi connectivity index (χ0) is 25.2. The molecule has 2 aromatic carbocycles. The van der Waals surface area contributed by atoms with Crippen molar-refractivity contribution < 1.29 is 32.3 Å². The number of rotatable bonds is 2. The molecule has 0 aliphatic carbocycles. The van der Waals surface area contributed by atoms with Crippen LogP contribution in [0.5, 0.6) is 0 Å². The molecule has 0 unspecified atom stereocenters. The summed E-state index contributed by atoms with van der Waals surface area (Å²) in [5, 5.41) is 2.26. The summed E-state index contributed by atoms with van der Waals surface area (Å²) in [5.41, 5.74) is 1.65. The quantitative estimate of drug-likeness (QED) is 0.657. The molecule has 3 aliphatic heterocycles. The lowest BCUT2D eigenvalue weighted by Crippen LogP contribution is -2.53. The standard InChI is InChI=1S/C25H22F3N3O4/c1-12-17-6-4-16(25(26,27)28)9-15(17)11-30(12)23(34)14-3-5-18-19(10-14)13(2)31(24(18)35)20-7-8-21(32)29-22(20)33/h3-6,9-10,12-13,20H,7-8,11H2,1-2H3,(H,29,32,33)/t12-,13+,20+/m0/s1. The van der Waals surface area contributed by atoms with Gasteiger partial charge in [0, 0.05) is 24.1 Å². The van der Waals surface area contributed by atoms with Gasteiger partial charge in [-0.3, -0.25) is 24.5 Å². The fourth-order valence-corrected chi connectivity index (χ4v) is 5.29. The summed E-state index contributed by atoms with van der Waals surface area (Å²) in [6.07, 6.45) is -4.10. The zero-order valence-electron chi connectivity index (χ0n) is 19.0. The van der Waals surface area contributed by atoms with Gasteiger partial charge in [0.15, 0.2) is 0 Å². The number of hydrogen-bond acceptors (Lipinski definition) is 4. The molecular weight excluding hydrogens is 463 g/mol. The molecule has 4 amide bonds. The van der Waals surface area contributed by atoms with Crippen molar-refractivity contribution in [3.8, 4) is 0 Å². The number of nitrogens with one attached hydrogen (secondary N) is 1. The van der Waals surface area contributed by atoms with E-state index < -0.39 is 35.8 Å². The van der Waals surface area contributed by atoms with Crippen molar-refractivity contribution in [1.82, 2.24) is 15.1 Å². The van der Waals surface area contributed by atoms with Gasteiger partial charge >= 0.3 is 6.18 Å². The number of nitrogens with zero attached hydrogens (tertiary/aromatic N) is 2. The minimum Gasteiger partial charge on any atom is -0.328 e. The maximum atomic E-state index is 13.4. The minimum absolute atomic E-state index is 0.0488. The van der Waals surface area contributed by atoms with Crippen LogP contribution in [0.1, 0.15) is 81.7 Å². The normalized spacial score (nSPS) is 23.9. The molecule has 1 saturated heterocycles. The lowest BCUT2D eigenvalue weighted by Gasteiger charge is -2.32. The van der Waals surface area contributed by atoms with Gasteiger partial charge in [0.25, 0.3) is 11.8 Å². The summed E-state index contributed by atoms with van der Waals surface area (Å²) in [4.78, 5) is 53.2. The number of piperidine rings is 1. The van der Waals surface area contributed by atoms with Crippen LogP contribution in [0.2, 0.25) is 0 Å². The molecule has 0 bridgehead atoms. The number of benzene rings is 2. The number of amides is 4. The molecule has 3 atom stereocenters. The van der Waals surface area contributed by atoms with Gasteiger partial charge in [0.05, 0.1) is 17.6 Å². The number of carbonyl (C=O) groups excluding carboxylic acids is 4. The molecule has 0 saturated carbocycles. The Hall–Kier alpha value is -3.69. The van der Waals surface area contributed by atoms with Gasteiger partial charge in [-0.2, -0.15) is 13.2 Å². The van der Waals surface area contributed by atoms with Gasteiger partial charge in [0.2, 0.25) is 11.8 Å². The van der Waals surface area contributed by atoms with E-state index in [0.29, 0.717) is 27.8 Å². The van der Waals surface area contributed by atoms with Crippen LogP contribution in [-0.4, -0.2) is 39.5 Å². The van der Waals surface area contributed by atoms with Crippen LogP contribution >= 0.6 is 0 Å². The Bertz CT molecular complexity index is 1290. The van der Waals surface area contributed by atoms with Crippen LogP contribution in [0.25, 0.3) is 0 Å². The van der Waals surface area contributed by atoms with Crippen LogP contribution in [0.15, 0.2) is 36.4 Å². The molecule has 0 spiro atoms. The van der Waals surface area contributed by atoms with E-state index in [4.69, 9.17) is 0 Å². The zero-order valence-corrected chi connectivity index (χ0v) is 19.0. The summed E-state index contributed by atoms with van der Waals surface area (Å²) in [7, 11) is 0. The average Bonchev–Trinajstić information content (AvgIpc) is 3.26. The summed E-state index contributed by atoms with van der Waals surface area (Å²) >= 11 is 0. The fourth-order valence-electron chi connectivity index (χ4n) is 5.29. The van der Waals surface area contributed by atoms with Gasteiger partial charge < -0.3 is 9.80 Å². The molecule has 0 aromatic heterocycles. The van der Waals surface area contributed by atoms with Gasteiger partial charge in [-0.15, -0.1) is 0 Å². The molecule has 5 rings (SSSR count). The maximum Gasteiger partial charge on any atom is 0.416 e. The van der Waals surface area contributed by atoms with E-state index >= 15 is 0 Å². The highest BCUT2D eigenvalue weighted by Crippen LogP contribution is 2.40. The Morgan fingerprint density at radius 1 is 1.00 bits per heavy atom. The molecule has 2 aromatic rings. The topological polar surface area (TPSA) is 86.8 Å². The number of carbonyl (C=O) groups is 4. The highest BCUT2D eigenvalue weighted by molar-refractivity contribution is 6.06. The lowest BCUT2D eigenvalue weighted by atomic mass is 10.00. The predicted molar refractivity (Wildman–Crippen MR) is 117 cm³/mol. The summed E-state index contributed by atoms with van der Waals surface area (Å²) in [6.45, 7) is 3.57. The smallest absolute Gasteiger partial charge is 0.328 e. The Balaban J connectivity index is 1.40. The van der Waals surface area contributed by atoms with Gasteiger partial charge in [-0.05, 0) is 67.3 Å². The summed E-state index contributed by atoms with van der Waals surface area (Å²) < 4.78 is 39.4. The van der Waals surface area contributed by atoms with Crippen LogP contribution in [0.3, 0.4) is 0 Å². The third-order valence-electron chi connectivity index (χ3n) is 7.17. The highest BCUT2D eigenvalue weighted by Gasteiger charge is 2.43. The molecule has 1 fully saturated rings. The van der Waals surface area contributed by atoms with E-state index in [0.717, 1.165) is 12.1 Å². The Kier molecular flexibility index (Phi) is 5.23. The number of hydrogen-bond donors (Lipinski definition) is 1. The van der Waals surface area contributed by atoms with Crippen molar-refractivity contribution in [3.63, 3.8) is 0 Å². The number of fused-ring (bicyclic) bond motifs is 2. The van der Waals surface area contributed by atoms with E-state index in [9.17, 15) is 32.3 Å². The largest absolute Gasteiger partial charge is 0.416 e. The predicted octanol–water partition coefficient (Wildman–Crippen LogP) is 3.74. The van der Waals surface area contributed by atoms with Crippen LogP contribution in [0, 0.1) is 0 Å². The van der Waals surface area contributed by atoms with E-state index in [1.54, 1.807) is 26.0 Å². The number of halogens is 3. The molecule has 1 N–H and O–H groups in total. The third kappa shape index (κ3) is 3.67. The van der Waals surface area contributed by atoms with Crippen molar-refractivity contribution in [2.45, 2.75) is 57.5 Å². The molecule has 182 valence electrons. The van der Waals surface area contributed by atoms with E-state index in [2.05, 4.69) is 5.32 Å². The number of alkyl halides is 3. The fraction of sp³-hybridized carbons (Fsp3) is 0.360. The van der Waals surface area contributed by atoms with Crippen molar-refractivity contribution >= 4 is 23.6 Å². The third-order valence-corrected chi connectivity index (χ3v) is 7.17. The van der Waals surface area contributed by atoms with E-state index in [-0.39, 0.29) is 37.1 Å². The second-order valence-corrected chi connectivity index (χ2v) is 9.18. The highest BCUT2D eigenvalue weighted by atomic mass is 19.4. The minimum atomic E-state index is -4.47. The lowest BCUT2D eigenvalue weighted by molar-refractivity contribution is -0.138. The van der Waals surface area contributed by atoms with Crippen molar-refractivity contribution in [2.75, 3.05) is 0 Å². The van der Waals surface area contributed by atoms with Crippen molar-refractivity contribution in [2.24, 2.45) is 0 Å². The molecule has 3 aliphatic rings. The first-order chi connectivity index (χ1) is 16.5. The first kappa shape index (κ1) is 23.1. The van der Waals surface area contributed by atoms with Crippen LogP contribution < -0.4 is 5.32 Å². The second kappa shape index (κ2) is 7.93. The van der Waals surface area contributed by atoms with Crippen molar-refractivity contribution in [1.29, 1.82) is 0 Å². The van der Waals surface area contributed by atoms with Crippen LogP contribution in [-0.2, 0) is 22.3 Å². The first-order valence-electron chi connectivity index (χ1n) is 11.3. The first-order valence-corrected chi connectivity index (χ1v) is 11.3. The summed E-state index contributed by atoms with van der Waals surface area (Å²) in [5.74, 6) is -1.60. The Morgan fingerprint density at radius 3 is 2.43 bits per heavy atom. The molecule has 0 radical (unpaired) electrons. The van der Waals surface area contributed by atoms with E-state index in [1.165, 1.54) is 21.9 Å². The Labute approximate surface area is 198 Å². The molecule has 7 nitrogen and oxygen atoms in total. The molecule has 35 heavy (non-hydrogen) atoms. The molecule has 3 heterocycles. The molecule has 10 heteroatoms. The second-order valence-electron chi connectivity index (χ2n) is 9.18. The average molecular weight is 485 g/mol.